The van der Waals surface area contributed by atoms with Gasteiger partial charge in [-0.3, -0.25) is 14.5 Å². The summed E-state index contributed by atoms with van der Waals surface area (Å²) in [5.41, 5.74) is 9.19. The summed E-state index contributed by atoms with van der Waals surface area (Å²) in [6.07, 6.45) is 3.40. The first kappa shape index (κ1) is 27.3. The number of nitrogens with two attached hydrogens (primary N) is 1. The van der Waals surface area contributed by atoms with Crippen LogP contribution < -0.4 is 10.6 Å². The zero-order valence-electron chi connectivity index (χ0n) is 21.9. The number of amides is 2. The van der Waals surface area contributed by atoms with Crippen molar-refractivity contribution >= 4 is 40.6 Å². The van der Waals surface area contributed by atoms with Gasteiger partial charge in [-0.25, -0.2) is 9.31 Å². The van der Waals surface area contributed by atoms with Gasteiger partial charge in [-0.1, -0.05) is 23.7 Å². The Balaban J connectivity index is 1.32. The molecule has 5 rings (SSSR count). The van der Waals surface area contributed by atoms with E-state index in [4.69, 9.17) is 26.8 Å². The third-order valence-corrected chi connectivity index (χ3v) is 7.18. The van der Waals surface area contributed by atoms with Gasteiger partial charge in [0.15, 0.2) is 0 Å². The number of halogens is 1. The van der Waals surface area contributed by atoms with E-state index in [1.165, 1.54) is 4.90 Å². The minimum atomic E-state index is -0.548. The van der Waals surface area contributed by atoms with Gasteiger partial charge in [-0.15, -0.1) is 0 Å². The van der Waals surface area contributed by atoms with Gasteiger partial charge in [-0.2, -0.15) is 5.10 Å². The highest BCUT2D eigenvalue weighted by molar-refractivity contribution is 6.33. The number of carbonyl (C=O) groups excluding carboxylic acids is 3. The van der Waals surface area contributed by atoms with E-state index < -0.39 is 11.9 Å². The van der Waals surface area contributed by atoms with Gasteiger partial charge in [0.2, 0.25) is 5.91 Å². The Labute approximate surface area is 235 Å². The highest BCUT2D eigenvalue weighted by atomic mass is 35.5. The number of anilines is 1. The fourth-order valence-corrected chi connectivity index (χ4v) is 4.70. The van der Waals surface area contributed by atoms with Crippen LogP contribution in [0, 0.1) is 0 Å². The van der Waals surface area contributed by atoms with Crippen LogP contribution in [0.25, 0.3) is 16.6 Å². The van der Waals surface area contributed by atoms with Crippen molar-refractivity contribution in [3.63, 3.8) is 0 Å². The molecular formula is C29H28ClN5O5. The molecule has 0 spiro atoms. The summed E-state index contributed by atoms with van der Waals surface area (Å²) >= 11 is 6.31. The maximum atomic E-state index is 13.5. The van der Waals surface area contributed by atoms with E-state index in [0.717, 1.165) is 24.2 Å². The lowest BCUT2D eigenvalue weighted by Crippen LogP contribution is -2.38. The Bertz CT molecular complexity index is 1560. The number of carbonyl (C=O) groups is 3. The molecule has 11 heteroatoms. The SMILES string of the molecule is CN(C(=O)c1ccn2ncc(-c3ccc(C(N)=O)cc3)c2c1)c1ccc(Cl)c(C(=O)OCCN2CCOCC2)c1. The van der Waals surface area contributed by atoms with E-state index >= 15 is 0 Å². The lowest BCUT2D eigenvalue weighted by molar-refractivity contribution is 0.0195. The third kappa shape index (κ3) is 5.84. The number of pyridine rings is 1. The van der Waals surface area contributed by atoms with Crippen molar-refractivity contribution in [2.75, 3.05) is 51.4 Å². The molecule has 206 valence electrons. The van der Waals surface area contributed by atoms with E-state index in [1.807, 2.05) is 0 Å². The summed E-state index contributed by atoms with van der Waals surface area (Å²) in [5.74, 6) is -1.34. The Kier molecular flexibility index (Phi) is 8.11. The summed E-state index contributed by atoms with van der Waals surface area (Å²) < 4.78 is 12.5. The van der Waals surface area contributed by atoms with Crippen molar-refractivity contribution in [1.82, 2.24) is 14.5 Å². The monoisotopic (exact) mass is 561 g/mol. The van der Waals surface area contributed by atoms with Crippen LogP contribution in [0.4, 0.5) is 5.69 Å². The Morgan fingerprint density at radius 2 is 1.80 bits per heavy atom. The average molecular weight is 562 g/mol. The molecule has 1 aliphatic heterocycles. The van der Waals surface area contributed by atoms with Crippen LogP contribution in [0.2, 0.25) is 5.02 Å². The highest BCUT2D eigenvalue weighted by Gasteiger charge is 2.20. The van der Waals surface area contributed by atoms with E-state index in [9.17, 15) is 14.4 Å². The van der Waals surface area contributed by atoms with Gasteiger partial charge in [-0.05, 0) is 48.0 Å². The van der Waals surface area contributed by atoms with Gasteiger partial charge < -0.3 is 20.1 Å². The molecule has 3 heterocycles. The molecular weight excluding hydrogens is 534 g/mol. The number of esters is 1. The lowest BCUT2D eigenvalue weighted by Gasteiger charge is -2.26. The predicted octanol–water partition coefficient (Wildman–Crippen LogP) is 3.52. The number of aromatic nitrogens is 2. The van der Waals surface area contributed by atoms with E-state index in [1.54, 1.807) is 78.6 Å². The molecule has 0 unspecified atom stereocenters. The number of ether oxygens (including phenoxy) is 2. The fourth-order valence-electron chi connectivity index (χ4n) is 4.51. The molecule has 0 saturated carbocycles. The van der Waals surface area contributed by atoms with Crippen LogP contribution in [-0.2, 0) is 9.47 Å². The highest BCUT2D eigenvalue weighted by Crippen LogP contribution is 2.28. The van der Waals surface area contributed by atoms with E-state index in [2.05, 4.69) is 10.00 Å². The first-order chi connectivity index (χ1) is 19.3. The quantitative estimate of drug-likeness (QED) is 0.327. The second-order valence-corrected chi connectivity index (χ2v) is 9.77. The summed E-state index contributed by atoms with van der Waals surface area (Å²) in [4.78, 5) is 41.3. The van der Waals surface area contributed by atoms with Crippen LogP contribution >= 0.6 is 11.6 Å². The number of hydrogen-bond acceptors (Lipinski definition) is 7. The lowest BCUT2D eigenvalue weighted by atomic mass is 10.0. The predicted molar refractivity (Wildman–Crippen MR) is 151 cm³/mol. The summed E-state index contributed by atoms with van der Waals surface area (Å²) in [6, 6.07) is 15.1. The minimum Gasteiger partial charge on any atom is -0.461 e. The standard InChI is InChI=1S/C29H28ClN5O5/c1-33(22-6-7-25(30)23(17-22)29(38)40-15-12-34-10-13-39-14-11-34)28(37)21-8-9-35-26(16-21)24(18-32-35)19-2-4-20(5-3-19)27(31)36/h2-9,16-18H,10-15H2,1H3,(H2,31,36). The molecule has 2 amide bonds. The largest absolute Gasteiger partial charge is 0.461 e. The fraction of sp³-hybridized carbons (Fsp3) is 0.241. The third-order valence-electron chi connectivity index (χ3n) is 6.86. The van der Waals surface area contributed by atoms with Gasteiger partial charge in [0, 0.05) is 55.3 Å². The number of hydrogen-bond donors (Lipinski definition) is 1. The van der Waals surface area contributed by atoms with Crippen molar-refractivity contribution in [3.05, 3.63) is 88.7 Å². The topological polar surface area (TPSA) is 119 Å². The molecule has 0 bridgehead atoms. The smallest absolute Gasteiger partial charge is 0.339 e. The summed E-state index contributed by atoms with van der Waals surface area (Å²) in [7, 11) is 1.63. The zero-order chi connectivity index (χ0) is 28.2. The van der Waals surface area contributed by atoms with Crippen molar-refractivity contribution in [2.45, 2.75) is 0 Å². The Hall–Kier alpha value is -4.25. The maximum Gasteiger partial charge on any atom is 0.339 e. The van der Waals surface area contributed by atoms with Crippen LogP contribution in [-0.4, -0.2) is 78.8 Å². The van der Waals surface area contributed by atoms with Gasteiger partial charge in [0.05, 0.1) is 35.5 Å². The normalized spacial score (nSPS) is 13.8. The summed E-state index contributed by atoms with van der Waals surface area (Å²) in [6.45, 7) is 3.78. The number of primary amides is 1. The Morgan fingerprint density at radius 3 is 2.52 bits per heavy atom. The number of morpholine rings is 1. The van der Waals surface area contributed by atoms with Crippen molar-refractivity contribution in [3.8, 4) is 11.1 Å². The van der Waals surface area contributed by atoms with Gasteiger partial charge in [0.25, 0.3) is 5.91 Å². The van der Waals surface area contributed by atoms with Gasteiger partial charge >= 0.3 is 5.97 Å². The van der Waals surface area contributed by atoms with Crippen molar-refractivity contribution in [2.24, 2.45) is 5.73 Å². The molecule has 1 fully saturated rings. The molecule has 1 aliphatic rings. The average Bonchev–Trinajstić information content (AvgIpc) is 3.40. The number of nitrogens with zero attached hydrogens (tertiary/aromatic N) is 4. The Morgan fingerprint density at radius 1 is 1.05 bits per heavy atom. The maximum absolute atomic E-state index is 13.5. The number of rotatable bonds is 8. The molecule has 2 N–H and O–H groups in total. The molecule has 0 radical (unpaired) electrons. The summed E-state index contributed by atoms with van der Waals surface area (Å²) in [5, 5.41) is 4.62. The van der Waals surface area contributed by atoms with Crippen LogP contribution in [0.5, 0.6) is 0 Å². The zero-order valence-corrected chi connectivity index (χ0v) is 22.6. The van der Waals surface area contributed by atoms with E-state index in [0.29, 0.717) is 42.1 Å². The van der Waals surface area contributed by atoms with Gasteiger partial charge in [0.1, 0.15) is 6.61 Å². The van der Waals surface area contributed by atoms with Crippen LogP contribution in [0.1, 0.15) is 31.1 Å². The minimum absolute atomic E-state index is 0.189. The van der Waals surface area contributed by atoms with Crippen molar-refractivity contribution in [1.29, 1.82) is 0 Å². The second kappa shape index (κ2) is 11.9. The molecule has 2 aromatic heterocycles. The molecule has 4 aromatic rings. The molecule has 1 saturated heterocycles. The molecule has 0 atom stereocenters. The second-order valence-electron chi connectivity index (χ2n) is 9.36. The first-order valence-corrected chi connectivity index (χ1v) is 13.1. The molecule has 40 heavy (non-hydrogen) atoms. The van der Waals surface area contributed by atoms with Crippen LogP contribution in [0.3, 0.4) is 0 Å². The molecule has 10 nitrogen and oxygen atoms in total. The molecule has 2 aromatic carbocycles. The van der Waals surface area contributed by atoms with E-state index in [-0.39, 0.29) is 23.1 Å². The van der Waals surface area contributed by atoms with Crippen molar-refractivity contribution < 1.29 is 23.9 Å². The first-order valence-electron chi connectivity index (χ1n) is 12.7. The molecule has 0 aliphatic carbocycles. The number of benzene rings is 2. The number of fused-ring (bicyclic) bond motifs is 1. The van der Waals surface area contributed by atoms with Crippen LogP contribution in [0.15, 0.2) is 67.0 Å².